The number of carbonyl (C=O) groups is 3. The number of Topliss-reactive ketones (excluding diaryl/α,β-unsaturated/α-hetero) is 1. The number of nitrogen functional groups attached to an aromatic ring is 1. The van der Waals surface area contributed by atoms with E-state index in [4.69, 9.17) is 31.2 Å². The van der Waals surface area contributed by atoms with Crippen LogP contribution in [0.5, 0.6) is 0 Å². The first kappa shape index (κ1) is 22.2. The number of nitrogens with zero attached hydrogens (tertiary/aromatic N) is 2. The van der Waals surface area contributed by atoms with Crippen LogP contribution in [0.2, 0.25) is 5.02 Å². The molecule has 0 radical (unpaired) electrons. The Labute approximate surface area is 182 Å². The molecule has 0 spiro atoms. The van der Waals surface area contributed by atoms with Crippen molar-refractivity contribution in [2.75, 3.05) is 12.3 Å². The van der Waals surface area contributed by atoms with Gasteiger partial charge in [-0.3, -0.25) is 9.59 Å². The van der Waals surface area contributed by atoms with Crippen molar-refractivity contribution >= 4 is 46.2 Å². The minimum absolute atomic E-state index is 0.00821. The Balaban J connectivity index is 1.63. The van der Waals surface area contributed by atoms with Gasteiger partial charge in [0.15, 0.2) is 18.2 Å². The lowest BCUT2D eigenvalue weighted by molar-refractivity contribution is -0.145. The van der Waals surface area contributed by atoms with Gasteiger partial charge in [-0.1, -0.05) is 11.6 Å². The number of aryl methyl sites for hydroxylation is 1. The summed E-state index contributed by atoms with van der Waals surface area (Å²) in [4.78, 5) is 44.5. The lowest BCUT2D eigenvalue weighted by Crippen LogP contribution is -2.11. The summed E-state index contributed by atoms with van der Waals surface area (Å²) >= 11 is 5.79. The standard InChI is InChI=1S/C21H20ClN3O6/c1-3-29-21(28)17-11(2)31-20-18(17)19(23)24-15(25-20)10-30-16(27)9-8-14(26)12-4-6-13(22)7-5-12/h4-7H,3,8-10H2,1-2H3,(H2,23,24,25). The molecule has 2 aromatic heterocycles. The zero-order chi connectivity index (χ0) is 22.5. The fourth-order valence-corrected chi connectivity index (χ4v) is 3.04. The van der Waals surface area contributed by atoms with Crippen LogP contribution in [-0.4, -0.2) is 34.3 Å². The van der Waals surface area contributed by atoms with Crippen molar-refractivity contribution in [3.05, 3.63) is 52.0 Å². The van der Waals surface area contributed by atoms with E-state index in [1.54, 1.807) is 38.1 Å². The van der Waals surface area contributed by atoms with Crippen molar-refractivity contribution < 1.29 is 28.3 Å². The summed E-state index contributed by atoms with van der Waals surface area (Å²) in [6.45, 7) is 3.21. The van der Waals surface area contributed by atoms with Crippen molar-refractivity contribution in [2.24, 2.45) is 0 Å². The van der Waals surface area contributed by atoms with Crippen molar-refractivity contribution in [1.29, 1.82) is 0 Å². The first-order valence-electron chi connectivity index (χ1n) is 9.47. The summed E-state index contributed by atoms with van der Waals surface area (Å²) in [5, 5.41) is 0.771. The van der Waals surface area contributed by atoms with Crippen LogP contribution < -0.4 is 5.73 Å². The lowest BCUT2D eigenvalue weighted by atomic mass is 10.1. The Hall–Kier alpha value is -3.46. The van der Waals surface area contributed by atoms with Crippen molar-refractivity contribution in [3.8, 4) is 0 Å². The first-order valence-corrected chi connectivity index (χ1v) is 9.85. The molecule has 0 saturated carbocycles. The molecule has 1 aromatic carbocycles. The zero-order valence-corrected chi connectivity index (χ0v) is 17.7. The number of ether oxygens (including phenoxy) is 2. The highest BCUT2D eigenvalue weighted by Crippen LogP contribution is 2.29. The maximum Gasteiger partial charge on any atom is 0.342 e. The number of furan rings is 1. The van der Waals surface area contributed by atoms with Gasteiger partial charge in [0.05, 0.1) is 18.4 Å². The molecular formula is C21H20ClN3O6. The van der Waals surface area contributed by atoms with Gasteiger partial charge >= 0.3 is 11.9 Å². The number of anilines is 1. The summed E-state index contributed by atoms with van der Waals surface area (Å²) in [6, 6.07) is 6.40. The zero-order valence-electron chi connectivity index (χ0n) is 16.9. The third kappa shape index (κ3) is 5.18. The molecule has 3 aromatic rings. The molecule has 0 aliphatic rings. The number of carbonyl (C=O) groups excluding carboxylic acids is 3. The minimum Gasteiger partial charge on any atom is -0.462 e. The summed E-state index contributed by atoms with van der Waals surface area (Å²) in [5.41, 5.74) is 6.69. The molecule has 0 unspecified atom stereocenters. The summed E-state index contributed by atoms with van der Waals surface area (Å²) in [5.74, 6) is -0.969. The molecule has 0 amide bonds. The number of esters is 2. The second kappa shape index (κ2) is 9.57. The SMILES string of the molecule is CCOC(=O)c1c(C)oc2nc(COC(=O)CCC(=O)c3ccc(Cl)cc3)nc(N)c12. The van der Waals surface area contributed by atoms with E-state index in [0.29, 0.717) is 16.3 Å². The normalized spacial score (nSPS) is 10.8. The van der Waals surface area contributed by atoms with Gasteiger partial charge < -0.3 is 19.6 Å². The van der Waals surface area contributed by atoms with Crippen LogP contribution in [0.1, 0.15) is 52.1 Å². The number of benzene rings is 1. The van der Waals surface area contributed by atoms with E-state index in [1.807, 2.05) is 0 Å². The summed E-state index contributed by atoms with van der Waals surface area (Å²) in [6.07, 6.45) is -0.116. The second-order valence-electron chi connectivity index (χ2n) is 6.55. The molecule has 9 nitrogen and oxygen atoms in total. The van der Waals surface area contributed by atoms with E-state index in [9.17, 15) is 14.4 Å². The van der Waals surface area contributed by atoms with E-state index in [2.05, 4.69) is 9.97 Å². The third-order valence-electron chi connectivity index (χ3n) is 4.37. The van der Waals surface area contributed by atoms with Gasteiger partial charge in [0.2, 0.25) is 5.71 Å². The number of aromatic nitrogens is 2. The molecule has 0 aliphatic heterocycles. The van der Waals surface area contributed by atoms with Crippen LogP contribution in [0.25, 0.3) is 11.1 Å². The van der Waals surface area contributed by atoms with Gasteiger partial charge in [0, 0.05) is 17.0 Å². The fourth-order valence-electron chi connectivity index (χ4n) is 2.91. The van der Waals surface area contributed by atoms with E-state index in [0.717, 1.165) is 0 Å². The molecule has 0 fully saturated rings. The molecule has 31 heavy (non-hydrogen) atoms. The van der Waals surface area contributed by atoms with E-state index in [-0.39, 0.29) is 60.1 Å². The molecule has 0 bridgehead atoms. The van der Waals surface area contributed by atoms with Gasteiger partial charge in [-0.15, -0.1) is 0 Å². The molecule has 10 heteroatoms. The van der Waals surface area contributed by atoms with E-state index in [1.165, 1.54) is 0 Å². The topological polar surface area (TPSA) is 135 Å². The monoisotopic (exact) mass is 445 g/mol. The van der Waals surface area contributed by atoms with Crippen LogP contribution >= 0.6 is 11.6 Å². The van der Waals surface area contributed by atoms with Crippen LogP contribution in [0.4, 0.5) is 5.82 Å². The highest BCUT2D eigenvalue weighted by molar-refractivity contribution is 6.30. The number of ketones is 1. The molecule has 3 rings (SSSR count). The van der Waals surface area contributed by atoms with Gasteiger partial charge in [-0.25, -0.2) is 9.78 Å². The maximum absolute atomic E-state index is 12.1. The Kier molecular flexibility index (Phi) is 6.86. The summed E-state index contributed by atoms with van der Waals surface area (Å²) < 4.78 is 15.6. The summed E-state index contributed by atoms with van der Waals surface area (Å²) in [7, 11) is 0. The Bertz CT molecular complexity index is 1140. The molecule has 2 heterocycles. The third-order valence-corrected chi connectivity index (χ3v) is 4.62. The number of fused-ring (bicyclic) bond motifs is 1. The number of hydrogen-bond donors (Lipinski definition) is 1. The lowest BCUT2D eigenvalue weighted by Gasteiger charge is -2.06. The predicted octanol–water partition coefficient (Wildman–Crippen LogP) is 3.65. The molecule has 2 N–H and O–H groups in total. The fraction of sp³-hybridized carbons (Fsp3) is 0.286. The van der Waals surface area contributed by atoms with Gasteiger partial charge in [0.25, 0.3) is 0 Å². The number of halogens is 1. The van der Waals surface area contributed by atoms with Gasteiger partial charge in [0.1, 0.15) is 17.1 Å². The average molecular weight is 446 g/mol. The van der Waals surface area contributed by atoms with Crippen molar-refractivity contribution in [2.45, 2.75) is 33.3 Å². The van der Waals surface area contributed by atoms with Crippen LogP contribution in [0.15, 0.2) is 28.7 Å². The maximum atomic E-state index is 12.1. The predicted molar refractivity (Wildman–Crippen MR) is 112 cm³/mol. The largest absolute Gasteiger partial charge is 0.462 e. The smallest absolute Gasteiger partial charge is 0.342 e. The van der Waals surface area contributed by atoms with Crippen LogP contribution in [0, 0.1) is 6.92 Å². The molecular weight excluding hydrogens is 426 g/mol. The molecule has 0 aliphatic carbocycles. The Morgan fingerprint density at radius 3 is 2.48 bits per heavy atom. The minimum atomic E-state index is -0.590. The van der Waals surface area contributed by atoms with Gasteiger partial charge in [-0.2, -0.15) is 4.98 Å². The van der Waals surface area contributed by atoms with Gasteiger partial charge in [-0.05, 0) is 38.1 Å². The van der Waals surface area contributed by atoms with Crippen molar-refractivity contribution in [3.63, 3.8) is 0 Å². The first-order chi connectivity index (χ1) is 14.8. The highest BCUT2D eigenvalue weighted by atomic mass is 35.5. The molecule has 162 valence electrons. The van der Waals surface area contributed by atoms with Crippen LogP contribution in [-0.2, 0) is 20.9 Å². The number of nitrogens with two attached hydrogens (primary N) is 1. The highest BCUT2D eigenvalue weighted by Gasteiger charge is 2.24. The number of hydrogen-bond acceptors (Lipinski definition) is 9. The number of rotatable bonds is 8. The average Bonchev–Trinajstić information content (AvgIpc) is 3.07. The molecule has 0 saturated heterocycles. The quantitative estimate of drug-likeness (QED) is 0.407. The van der Waals surface area contributed by atoms with Crippen LogP contribution in [0.3, 0.4) is 0 Å². The van der Waals surface area contributed by atoms with Crippen molar-refractivity contribution in [1.82, 2.24) is 9.97 Å². The Morgan fingerprint density at radius 2 is 1.81 bits per heavy atom. The van der Waals surface area contributed by atoms with E-state index >= 15 is 0 Å². The van der Waals surface area contributed by atoms with E-state index < -0.39 is 11.9 Å². The Morgan fingerprint density at radius 1 is 1.10 bits per heavy atom. The second-order valence-corrected chi connectivity index (χ2v) is 6.99. The molecule has 0 atom stereocenters.